The molecule has 1 saturated heterocycles. The number of pyridine rings is 1. The maximum atomic E-state index is 5.57. The number of thiazole rings is 1. The molecule has 0 unspecified atom stereocenters. The van der Waals surface area contributed by atoms with Gasteiger partial charge in [0.15, 0.2) is 11.4 Å². The first-order chi connectivity index (χ1) is 16.9. The number of ether oxygens (including phenoxy) is 1. The lowest BCUT2D eigenvalue weighted by molar-refractivity contribution is 0.207. The molecule has 4 aromatic heterocycles. The summed E-state index contributed by atoms with van der Waals surface area (Å²) in [5.41, 5.74) is 4.62. The molecule has 5 heterocycles. The highest BCUT2D eigenvalue weighted by atomic mass is 32.1. The molecule has 0 bridgehead atoms. The molecule has 0 saturated carbocycles. The van der Waals surface area contributed by atoms with Crippen molar-refractivity contribution >= 4 is 22.0 Å². The van der Waals surface area contributed by atoms with Crippen LogP contribution in [0, 0.1) is 5.92 Å². The summed E-state index contributed by atoms with van der Waals surface area (Å²) in [6.45, 7) is 15.6. The molecule has 1 atom stereocenters. The summed E-state index contributed by atoms with van der Waals surface area (Å²) >= 11 is 1.74. The molecule has 1 N–H and O–H groups in total. The maximum absolute atomic E-state index is 5.57. The van der Waals surface area contributed by atoms with E-state index in [2.05, 4.69) is 59.6 Å². The number of anilines is 1. The van der Waals surface area contributed by atoms with Crippen molar-refractivity contribution in [2.75, 3.05) is 38.2 Å². The van der Waals surface area contributed by atoms with Crippen molar-refractivity contribution in [3.05, 3.63) is 30.4 Å². The molecule has 1 aliphatic rings. The van der Waals surface area contributed by atoms with Crippen molar-refractivity contribution in [2.45, 2.75) is 46.6 Å². The number of H-pyrrole nitrogens is 1. The lowest BCUT2D eigenvalue weighted by atomic mass is 9.97. The lowest BCUT2D eigenvalue weighted by Crippen LogP contribution is -2.52. The van der Waals surface area contributed by atoms with Gasteiger partial charge in [0.05, 0.1) is 24.7 Å². The van der Waals surface area contributed by atoms with Crippen molar-refractivity contribution in [1.82, 2.24) is 34.7 Å². The monoisotopic (exact) mass is 494 g/mol. The smallest absolute Gasteiger partial charge is 0.197 e. The summed E-state index contributed by atoms with van der Waals surface area (Å²) in [6.07, 6.45) is 5.49. The standard InChI is InChI=1S/C25H34N8OS/c1-15(2)11-31-7-8-32(17(5)12-31)20-10-26-25(35-20)23-21(16(3)4)22(29-30-23)18-9-19(34-6)24-27-14-28-33(24)13-18/h9-10,13-17H,7-8,11-12H2,1-6H3,(H,29,30)/t17-/m1/s1. The van der Waals surface area contributed by atoms with Gasteiger partial charge in [-0.05, 0) is 24.8 Å². The van der Waals surface area contributed by atoms with Gasteiger partial charge in [-0.2, -0.15) is 10.2 Å². The number of aromatic nitrogens is 6. The first kappa shape index (κ1) is 23.7. The molecule has 0 radical (unpaired) electrons. The van der Waals surface area contributed by atoms with Crippen LogP contribution in [0.25, 0.3) is 27.6 Å². The van der Waals surface area contributed by atoms with Crippen LogP contribution in [0.15, 0.2) is 24.8 Å². The molecule has 10 heteroatoms. The van der Waals surface area contributed by atoms with E-state index >= 15 is 0 Å². The average Bonchev–Trinajstić information content (AvgIpc) is 3.56. The number of hydrogen-bond acceptors (Lipinski definition) is 8. The first-order valence-electron chi connectivity index (χ1n) is 12.3. The third-order valence-electron chi connectivity index (χ3n) is 6.54. The van der Waals surface area contributed by atoms with Gasteiger partial charge in [-0.1, -0.05) is 39.0 Å². The summed E-state index contributed by atoms with van der Waals surface area (Å²) in [7, 11) is 1.65. The fraction of sp³-hybridized carbons (Fsp3) is 0.520. The van der Waals surface area contributed by atoms with E-state index in [1.54, 1.807) is 23.0 Å². The Bertz CT molecular complexity index is 1310. The summed E-state index contributed by atoms with van der Waals surface area (Å²) in [4.78, 5) is 14.2. The number of hydrogen-bond donors (Lipinski definition) is 1. The number of nitrogens with one attached hydrogen (secondary N) is 1. The second-order valence-electron chi connectivity index (χ2n) is 10.0. The van der Waals surface area contributed by atoms with Gasteiger partial charge in [0.2, 0.25) is 0 Å². The predicted molar refractivity (Wildman–Crippen MR) is 140 cm³/mol. The second-order valence-corrected chi connectivity index (χ2v) is 11.0. The molecule has 0 aromatic carbocycles. The minimum absolute atomic E-state index is 0.252. The fourth-order valence-corrected chi connectivity index (χ4v) is 6.08. The topological polar surface area (TPSA) is 87.5 Å². The minimum Gasteiger partial charge on any atom is -0.493 e. The molecule has 0 spiro atoms. The maximum Gasteiger partial charge on any atom is 0.197 e. The Kier molecular flexibility index (Phi) is 6.50. The molecule has 186 valence electrons. The van der Waals surface area contributed by atoms with Gasteiger partial charge in [0, 0.05) is 49.5 Å². The van der Waals surface area contributed by atoms with Crippen LogP contribution in [0.1, 0.15) is 46.1 Å². The van der Waals surface area contributed by atoms with Gasteiger partial charge in [-0.15, -0.1) is 0 Å². The number of rotatable bonds is 7. The van der Waals surface area contributed by atoms with Crippen LogP contribution in [-0.4, -0.2) is 74.0 Å². The highest BCUT2D eigenvalue weighted by molar-refractivity contribution is 7.18. The van der Waals surface area contributed by atoms with Gasteiger partial charge in [0.1, 0.15) is 16.3 Å². The minimum atomic E-state index is 0.252. The summed E-state index contributed by atoms with van der Waals surface area (Å²) in [6, 6.07) is 2.43. The molecule has 5 rings (SSSR count). The Hall–Kier alpha value is -2.98. The highest BCUT2D eigenvalue weighted by Crippen LogP contribution is 2.40. The quantitative estimate of drug-likeness (QED) is 0.403. The van der Waals surface area contributed by atoms with Crippen LogP contribution < -0.4 is 9.64 Å². The van der Waals surface area contributed by atoms with E-state index in [0.717, 1.165) is 53.7 Å². The summed E-state index contributed by atoms with van der Waals surface area (Å²) in [5, 5.41) is 14.5. The molecular formula is C25H34N8OS. The molecule has 1 aliphatic heterocycles. The molecule has 4 aromatic rings. The van der Waals surface area contributed by atoms with Crippen molar-refractivity contribution in [2.24, 2.45) is 5.92 Å². The molecule has 0 amide bonds. The van der Waals surface area contributed by atoms with Crippen molar-refractivity contribution in [1.29, 1.82) is 0 Å². The molecule has 0 aliphatic carbocycles. The van der Waals surface area contributed by atoms with Crippen LogP contribution in [0.5, 0.6) is 5.75 Å². The van der Waals surface area contributed by atoms with Gasteiger partial charge >= 0.3 is 0 Å². The van der Waals surface area contributed by atoms with Crippen molar-refractivity contribution < 1.29 is 4.74 Å². The Morgan fingerprint density at radius 1 is 1.20 bits per heavy atom. The normalized spacial score (nSPS) is 17.3. The van der Waals surface area contributed by atoms with Gasteiger partial charge in [-0.25, -0.2) is 14.5 Å². The zero-order valence-corrected chi connectivity index (χ0v) is 22.1. The highest BCUT2D eigenvalue weighted by Gasteiger charge is 2.27. The number of aromatic amines is 1. The number of nitrogens with zero attached hydrogens (tertiary/aromatic N) is 7. The zero-order chi connectivity index (χ0) is 24.7. The van der Waals surface area contributed by atoms with Crippen molar-refractivity contribution in [3.63, 3.8) is 0 Å². The Morgan fingerprint density at radius 2 is 2.03 bits per heavy atom. The molecule has 9 nitrogen and oxygen atoms in total. The van der Waals surface area contributed by atoms with Gasteiger partial charge in [0.25, 0.3) is 0 Å². The van der Waals surface area contributed by atoms with E-state index in [-0.39, 0.29) is 5.92 Å². The van der Waals surface area contributed by atoms with Crippen LogP contribution in [-0.2, 0) is 0 Å². The molecular weight excluding hydrogens is 460 g/mol. The van der Waals surface area contributed by atoms with Crippen LogP contribution >= 0.6 is 11.3 Å². The Balaban J connectivity index is 1.46. The third-order valence-corrected chi connectivity index (χ3v) is 7.59. The second kappa shape index (κ2) is 9.58. The number of methoxy groups -OCH3 is 1. The van der Waals surface area contributed by atoms with E-state index in [1.807, 2.05) is 18.5 Å². The number of piperazine rings is 1. The van der Waals surface area contributed by atoms with Crippen molar-refractivity contribution in [3.8, 4) is 27.7 Å². The van der Waals surface area contributed by atoms with Crippen LogP contribution in [0.3, 0.4) is 0 Å². The van der Waals surface area contributed by atoms with Crippen LogP contribution in [0.4, 0.5) is 5.00 Å². The summed E-state index contributed by atoms with van der Waals surface area (Å²) < 4.78 is 7.30. The number of fused-ring (bicyclic) bond motifs is 1. The summed E-state index contributed by atoms with van der Waals surface area (Å²) in [5.74, 6) is 1.61. The SMILES string of the molecule is COc1cc(-c2n[nH]c(-c3ncc(N4CCN(CC(C)C)C[C@H]4C)s3)c2C(C)C)cn2ncnc12. The van der Waals surface area contributed by atoms with E-state index in [0.29, 0.717) is 23.4 Å². The largest absolute Gasteiger partial charge is 0.493 e. The predicted octanol–water partition coefficient (Wildman–Crippen LogP) is 4.54. The molecule has 1 fully saturated rings. The lowest BCUT2D eigenvalue weighted by Gasteiger charge is -2.40. The van der Waals surface area contributed by atoms with E-state index < -0.39 is 0 Å². The first-order valence-corrected chi connectivity index (χ1v) is 13.1. The fourth-order valence-electron chi connectivity index (χ4n) is 5.03. The Labute approximate surface area is 210 Å². The average molecular weight is 495 g/mol. The Morgan fingerprint density at radius 3 is 2.74 bits per heavy atom. The van der Waals surface area contributed by atoms with E-state index in [1.165, 1.54) is 11.3 Å². The van der Waals surface area contributed by atoms with Gasteiger partial charge in [-0.3, -0.25) is 10.00 Å². The zero-order valence-electron chi connectivity index (χ0n) is 21.3. The van der Waals surface area contributed by atoms with Crippen LogP contribution in [0.2, 0.25) is 0 Å². The van der Waals surface area contributed by atoms with Gasteiger partial charge < -0.3 is 9.64 Å². The third kappa shape index (κ3) is 4.52. The molecule has 35 heavy (non-hydrogen) atoms. The van der Waals surface area contributed by atoms with E-state index in [9.17, 15) is 0 Å². The van der Waals surface area contributed by atoms with E-state index in [4.69, 9.17) is 14.8 Å².